The molecule has 0 atom stereocenters. The van der Waals surface area contributed by atoms with Crippen LogP contribution in [-0.4, -0.2) is 29.3 Å². The zero-order chi connectivity index (χ0) is 12.7. The van der Waals surface area contributed by atoms with E-state index in [1.54, 1.807) is 17.2 Å². The molecule has 0 amide bonds. The van der Waals surface area contributed by atoms with Gasteiger partial charge in [-0.25, -0.2) is 15.0 Å². The van der Waals surface area contributed by atoms with Gasteiger partial charge in [-0.05, 0) is 18.6 Å². The van der Waals surface area contributed by atoms with Crippen molar-refractivity contribution in [2.24, 2.45) is 7.05 Å². The molecule has 0 aliphatic rings. The van der Waals surface area contributed by atoms with E-state index in [4.69, 9.17) is 5.73 Å². The molecule has 0 aliphatic heterocycles. The van der Waals surface area contributed by atoms with Gasteiger partial charge in [-0.3, -0.25) is 9.25 Å². The summed E-state index contributed by atoms with van der Waals surface area (Å²) in [5.74, 6) is 1.11. The second-order valence-corrected chi connectivity index (χ2v) is 4.25. The molecule has 2 N–H and O–H groups in total. The molecule has 0 unspecified atom stereocenters. The number of rotatable bonds is 2. The van der Waals surface area contributed by atoms with Crippen molar-refractivity contribution in [1.82, 2.24) is 29.3 Å². The summed E-state index contributed by atoms with van der Waals surface area (Å²) < 4.78 is 3.46. The highest BCUT2D eigenvalue weighted by Crippen LogP contribution is 2.17. The van der Waals surface area contributed by atoms with E-state index in [-0.39, 0.29) is 0 Å². The van der Waals surface area contributed by atoms with Gasteiger partial charge in [0.05, 0.1) is 6.54 Å². The Morgan fingerprint density at radius 2 is 2.17 bits per heavy atom. The second kappa shape index (κ2) is 3.80. The van der Waals surface area contributed by atoms with Crippen molar-refractivity contribution in [3.05, 3.63) is 30.0 Å². The molecule has 3 heterocycles. The first-order chi connectivity index (χ1) is 8.63. The van der Waals surface area contributed by atoms with Gasteiger partial charge in [-0.15, -0.1) is 0 Å². The molecule has 7 heteroatoms. The molecule has 0 saturated carbocycles. The van der Waals surface area contributed by atoms with E-state index >= 15 is 0 Å². The van der Waals surface area contributed by atoms with E-state index in [0.717, 1.165) is 16.7 Å². The van der Waals surface area contributed by atoms with E-state index in [0.29, 0.717) is 18.3 Å². The lowest BCUT2D eigenvalue weighted by Gasteiger charge is -2.02. The Morgan fingerprint density at radius 1 is 1.33 bits per heavy atom. The summed E-state index contributed by atoms with van der Waals surface area (Å²) in [5.41, 5.74) is 8.52. The van der Waals surface area contributed by atoms with E-state index in [1.165, 1.54) is 0 Å². The highest BCUT2D eigenvalue weighted by molar-refractivity contribution is 5.74. The monoisotopic (exact) mass is 243 g/mol. The van der Waals surface area contributed by atoms with Crippen LogP contribution in [0.4, 0.5) is 5.95 Å². The number of nitrogen functional groups attached to an aromatic ring is 1. The Balaban J connectivity index is 2.08. The summed E-state index contributed by atoms with van der Waals surface area (Å²) in [6.07, 6.45) is 3.45. The molecule has 3 aromatic rings. The minimum Gasteiger partial charge on any atom is -0.369 e. The van der Waals surface area contributed by atoms with Gasteiger partial charge in [0, 0.05) is 13.2 Å². The maximum absolute atomic E-state index is 5.91. The van der Waals surface area contributed by atoms with Gasteiger partial charge < -0.3 is 5.73 Å². The molecule has 0 bridgehead atoms. The van der Waals surface area contributed by atoms with Crippen LogP contribution in [0.15, 0.2) is 18.6 Å². The van der Waals surface area contributed by atoms with Crippen molar-refractivity contribution in [3.63, 3.8) is 0 Å². The SMILES string of the molecule is Cc1cnc2c(c1)nc(N)n2Cc1ncn(C)n1. The van der Waals surface area contributed by atoms with Crippen LogP contribution in [0.25, 0.3) is 11.2 Å². The number of aromatic nitrogens is 6. The molecule has 0 fully saturated rings. The molecular formula is C11H13N7. The number of pyridine rings is 1. The molecule has 0 spiro atoms. The zero-order valence-electron chi connectivity index (χ0n) is 10.2. The summed E-state index contributed by atoms with van der Waals surface area (Å²) >= 11 is 0. The van der Waals surface area contributed by atoms with Crippen LogP contribution < -0.4 is 5.73 Å². The minimum absolute atomic E-state index is 0.426. The van der Waals surface area contributed by atoms with Crippen LogP contribution in [0.5, 0.6) is 0 Å². The predicted molar refractivity (Wildman–Crippen MR) is 66.8 cm³/mol. The standard InChI is InChI=1S/C11H13N7/c1-7-3-8-10(13-4-7)18(11(12)15-8)5-9-14-6-17(2)16-9/h3-4,6H,5H2,1-2H3,(H2,12,15). The highest BCUT2D eigenvalue weighted by Gasteiger charge is 2.11. The lowest BCUT2D eigenvalue weighted by molar-refractivity contribution is 0.712. The van der Waals surface area contributed by atoms with Gasteiger partial charge >= 0.3 is 0 Å². The molecule has 0 radical (unpaired) electrons. The summed E-state index contributed by atoms with van der Waals surface area (Å²) in [6, 6.07) is 1.96. The van der Waals surface area contributed by atoms with Gasteiger partial charge in [0.25, 0.3) is 0 Å². The number of fused-ring (bicyclic) bond motifs is 1. The first kappa shape index (κ1) is 10.7. The fraction of sp³-hybridized carbons (Fsp3) is 0.273. The molecular weight excluding hydrogens is 230 g/mol. The van der Waals surface area contributed by atoms with E-state index in [9.17, 15) is 0 Å². The average Bonchev–Trinajstić information content (AvgIpc) is 2.84. The first-order valence-corrected chi connectivity index (χ1v) is 5.56. The van der Waals surface area contributed by atoms with Crippen molar-refractivity contribution in [1.29, 1.82) is 0 Å². The Bertz CT molecular complexity index is 709. The molecule has 0 saturated heterocycles. The lowest BCUT2D eigenvalue weighted by Crippen LogP contribution is -2.07. The Labute approximate surface area is 103 Å². The molecule has 92 valence electrons. The van der Waals surface area contributed by atoms with Crippen molar-refractivity contribution < 1.29 is 0 Å². The largest absolute Gasteiger partial charge is 0.369 e. The van der Waals surface area contributed by atoms with Crippen LogP contribution in [0.3, 0.4) is 0 Å². The van der Waals surface area contributed by atoms with Crippen LogP contribution >= 0.6 is 0 Å². The van der Waals surface area contributed by atoms with Crippen molar-refractivity contribution >= 4 is 17.1 Å². The second-order valence-electron chi connectivity index (χ2n) is 4.25. The summed E-state index contributed by atoms with van der Waals surface area (Å²) in [7, 11) is 1.83. The Hall–Kier alpha value is -2.44. The number of nitrogens with zero attached hydrogens (tertiary/aromatic N) is 6. The molecule has 0 aromatic carbocycles. The lowest BCUT2D eigenvalue weighted by atomic mass is 10.3. The number of hydrogen-bond donors (Lipinski definition) is 1. The van der Waals surface area contributed by atoms with Gasteiger partial charge in [0.2, 0.25) is 5.95 Å². The zero-order valence-corrected chi connectivity index (χ0v) is 10.2. The van der Waals surface area contributed by atoms with E-state index in [2.05, 4.69) is 20.1 Å². The fourth-order valence-electron chi connectivity index (χ4n) is 1.88. The van der Waals surface area contributed by atoms with E-state index < -0.39 is 0 Å². The van der Waals surface area contributed by atoms with Crippen molar-refractivity contribution in [3.8, 4) is 0 Å². The quantitative estimate of drug-likeness (QED) is 0.708. The predicted octanol–water partition coefficient (Wildman–Crippen LogP) is 0.499. The molecule has 18 heavy (non-hydrogen) atoms. The van der Waals surface area contributed by atoms with Crippen LogP contribution in [-0.2, 0) is 13.6 Å². The third-order valence-electron chi connectivity index (χ3n) is 2.70. The number of hydrogen-bond acceptors (Lipinski definition) is 5. The number of anilines is 1. The minimum atomic E-state index is 0.426. The number of nitrogens with two attached hydrogens (primary N) is 1. The van der Waals surface area contributed by atoms with Crippen LogP contribution in [0.2, 0.25) is 0 Å². The summed E-state index contributed by atoms with van der Waals surface area (Å²) in [4.78, 5) is 12.8. The third-order valence-corrected chi connectivity index (χ3v) is 2.70. The third kappa shape index (κ3) is 1.69. The number of imidazole rings is 1. The van der Waals surface area contributed by atoms with Gasteiger partial charge in [-0.1, -0.05) is 0 Å². The Kier molecular flexibility index (Phi) is 2.26. The summed E-state index contributed by atoms with van der Waals surface area (Å²) in [5, 5.41) is 4.22. The molecule has 0 aliphatic carbocycles. The van der Waals surface area contributed by atoms with Gasteiger partial charge in [0.1, 0.15) is 11.8 Å². The topological polar surface area (TPSA) is 87.4 Å². The normalized spacial score (nSPS) is 11.2. The fourth-order valence-corrected chi connectivity index (χ4v) is 1.88. The maximum Gasteiger partial charge on any atom is 0.202 e. The van der Waals surface area contributed by atoms with Crippen molar-refractivity contribution in [2.45, 2.75) is 13.5 Å². The summed E-state index contributed by atoms with van der Waals surface area (Å²) in [6.45, 7) is 2.45. The van der Waals surface area contributed by atoms with Crippen molar-refractivity contribution in [2.75, 3.05) is 5.73 Å². The highest BCUT2D eigenvalue weighted by atomic mass is 15.3. The number of aryl methyl sites for hydroxylation is 2. The smallest absolute Gasteiger partial charge is 0.202 e. The Morgan fingerprint density at radius 3 is 2.89 bits per heavy atom. The average molecular weight is 243 g/mol. The van der Waals surface area contributed by atoms with Gasteiger partial charge in [-0.2, -0.15) is 5.10 Å². The maximum atomic E-state index is 5.91. The molecule has 3 rings (SSSR count). The molecule has 3 aromatic heterocycles. The van der Waals surface area contributed by atoms with Gasteiger partial charge in [0.15, 0.2) is 11.5 Å². The van der Waals surface area contributed by atoms with E-state index in [1.807, 2.05) is 24.6 Å². The first-order valence-electron chi connectivity index (χ1n) is 5.56. The molecule has 7 nitrogen and oxygen atoms in total. The van der Waals surface area contributed by atoms with Crippen LogP contribution in [0.1, 0.15) is 11.4 Å². The van der Waals surface area contributed by atoms with Crippen LogP contribution in [0, 0.1) is 6.92 Å².